The van der Waals surface area contributed by atoms with Crippen LogP contribution in [0.3, 0.4) is 0 Å². The van der Waals surface area contributed by atoms with Crippen LogP contribution >= 0.6 is 11.6 Å². The summed E-state index contributed by atoms with van der Waals surface area (Å²) < 4.78 is 11.6. The van der Waals surface area contributed by atoms with E-state index in [2.05, 4.69) is 0 Å². The first-order valence-electron chi connectivity index (χ1n) is 11.1. The fourth-order valence-electron chi connectivity index (χ4n) is 4.18. The number of amides is 1. The van der Waals surface area contributed by atoms with E-state index in [0.717, 1.165) is 5.56 Å². The van der Waals surface area contributed by atoms with E-state index in [1.807, 2.05) is 20.8 Å². The molecule has 1 fully saturated rings. The Balaban J connectivity index is 1.92. The zero-order valence-corrected chi connectivity index (χ0v) is 20.2. The average molecular weight is 480 g/mol. The Morgan fingerprint density at radius 3 is 2.53 bits per heavy atom. The van der Waals surface area contributed by atoms with Crippen LogP contribution in [0.2, 0.25) is 5.02 Å². The van der Waals surface area contributed by atoms with Gasteiger partial charge in [0.15, 0.2) is 0 Å². The van der Waals surface area contributed by atoms with Crippen LogP contribution in [0.15, 0.2) is 64.6 Å². The van der Waals surface area contributed by atoms with Crippen LogP contribution in [0.5, 0.6) is 5.75 Å². The maximum Gasteiger partial charge on any atom is 0.300 e. The molecule has 1 unspecified atom stereocenters. The number of aryl methyl sites for hydroxylation is 1. The van der Waals surface area contributed by atoms with Crippen molar-refractivity contribution in [3.8, 4) is 5.75 Å². The van der Waals surface area contributed by atoms with Crippen LogP contribution in [-0.2, 0) is 9.59 Å². The second kappa shape index (κ2) is 9.39. The number of aliphatic hydroxyl groups is 1. The van der Waals surface area contributed by atoms with Crippen molar-refractivity contribution in [2.45, 2.75) is 39.7 Å². The van der Waals surface area contributed by atoms with E-state index in [4.69, 9.17) is 20.8 Å². The molecule has 0 bridgehead atoms. The number of halogens is 1. The third-order valence-corrected chi connectivity index (χ3v) is 6.00. The molecule has 0 radical (unpaired) electrons. The van der Waals surface area contributed by atoms with E-state index in [-0.39, 0.29) is 17.3 Å². The molecule has 1 aliphatic rings. The van der Waals surface area contributed by atoms with Crippen molar-refractivity contribution in [2.75, 3.05) is 11.5 Å². The molecule has 0 saturated carbocycles. The minimum atomic E-state index is -0.943. The Hall–Kier alpha value is -3.51. The molecule has 1 saturated heterocycles. The van der Waals surface area contributed by atoms with Crippen LogP contribution in [0, 0.1) is 6.92 Å². The van der Waals surface area contributed by atoms with Crippen LogP contribution < -0.4 is 9.64 Å². The molecule has 0 spiro atoms. The van der Waals surface area contributed by atoms with Gasteiger partial charge in [-0.05, 0) is 73.9 Å². The van der Waals surface area contributed by atoms with Gasteiger partial charge in [0.25, 0.3) is 11.7 Å². The van der Waals surface area contributed by atoms with Gasteiger partial charge >= 0.3 is 0 Å². The fraction of sp³-hybridized carbons (Fsp3) is 0.259. The number of benzene rings is 2. The molecule has 3 aromatic rings. The summed E-state index contributed by atoms with van der Waals surface area (Å²) in [5.41, 5.74) is 1.70. The minimum absolute atomic E-state index is 0.0433. The third-order valence-electron chi connectivity index (χ3n) is 5.77. The number of carbonyl (C=O) groups excluding carboxylic acids is 2. The predicted octanol–water partition coefficient (Wildman–Crippen LogP) is 6.39. The van der Waals surface area contributed by atoms with Gasteiger partial charge in [0.2, 0.25) is 0 Å². The number of aliphatic hydroxyl groups excluding tert-OH is 1. The summed E-state index contributed by atoms with van der Waals surface area (Å²) in [6.45, 7) is 8.22. The van der Waals surface area contributed by atoms with Crippen LogP contribution in [0.25, 0.3) is 5.76 Å². The van der Waals surface area contributed by atoms with Crippen molar-refractivity contribution in [3.63, 3.8) is 0 Å². The summed E-state index contributed by atoms with van der Waals surface area (Å²) >= 11 is 6.17. The van der Waals surface area contributed by atoms with Crippen molar-refractivity contribution in [2.24, 2.45) is 0 Å². The zero-order chi connectivity index (χ0) is 24.6. The van der Waals surface area contributed by atoms with E-state index < -0.39 is 17.7 Å². The molecule has 1 amide bonds. The molecule has 1 aliphatic heterocycles. The Morgan fingerprint density at radius 1 is 1.15 bits per heavy atom. The first-order valence-corrected chi connectivity index (χ1v) is 11.5. The zero-order valence-electron chi connectivity index (χ0n) is 19.5. The molecule has 0 aliphatic carbocycles. The summed E-state index contributed by atoms with van der Waals surface area (Å²) in [5.74, 6) is -0.0114. The Morgan fingerprint density at radius 2 is 1.91 bits per heavy atom. The van der Waals surface area contributed by atoms with E-state index in [1.165, 1.54) is 4.90 Å². The lowest BCUT2D eigenvalue weighted by Gasteiger charge is -2.23. The van der Waals surface area contributed by atoms with Gasteiger partial charge in [-0.2, -0.15) is 0 Å². The van der Waals surface area contributed by atoms with Crippen LogP contribution in [0.4, 0.5) is 5.69 Å². The van der Waals surface area contributed by atoms with E-state index in [1.54, 1.807) is 61.5 Å². The molecular formula is C27H26ClNO5. The number of furan rings is 1. The normalized spacial score (nSPS) is 17.6. The summed E-state index contributed by atoms with van der Waals surface area (Å²) in [5, 5.41) is 11.8. The number of carbonyl (C=O) groups is 2. The first-order chi connectivity index (χ1) is 16.2. The van der Waals surface area contributed by atoms with Crippen molar-refractivity contribution in [1.29, 1.82) is 0 Å². The fourth-order valence-corrected chi connectivity index (χ4v) is 4.37. The van der Waals surface area contributed by atoms with Crippen molar-refractivity contribution in [3.05, 3.63) is 87.8 Å². The van der Waals surface area contributed by atoms with Gasteiger partial charge in [0, 0.05) is 16.3 Å². The number of nitrogens with zero attached hydrogens (tertiary/aromatic N) is 1. The number of Topliss-reactive ketones (excluding diaryl/α,β-unsaturated/α-hetero) is 1. The number of rotatable bonds is 6. The number of ketones is 1. The molecule has 6 nitrogen and oxygen atoms in total. The van der Waals surface area contributed by atoms with Crippen molar-refractivity contribution < 1.29 is 23.8 Å². The molecule has 7 heteroatoms. The monoisotopic (exact) mass is 479 g/mol. The van der Waals surface area contributed by atoms with Crippen molar-refractivity contribution >= 4 is 34.7 Å². The lowest BCUT2D eigenvalue weighted by atomic mass is 9.95. The number of hydrogen-bond acceptors (Lipinski definition) is 5. The highest BCUT2D eigenvalue weighted by molar-refractivity contribution is 6.51. The summed E-state index contributed by atoms with van der Waals surface area (Å²) in [6.07, 6.45) is 0. The largest absolute Gasteiger partial charge is 0.507 e. The lowest BCUT2D eigenvalue weighted by Crippen LogP contribution is -2.29. The predicted molar refractivity (Wildman–Crippen MR) is 131 cm³/mol. The summed E-state index contributed by atoms with van der Waals surface area (Å²) in [7, 11) is 0. The Labute approximate surface area is 203 Å². The highest BCUT2D eigenvalue weighted by Crippen LogP contribution is 2.43. The van der Waals surface area contributed by atoms with E-state index in [9.17, 15) is 14.7 Å². The molecule has 2 aromatic carbocycles. The Bertz CT molecular complexity index is 1290. The standard InChI is InChI=1S/C27H26ClNO5/c1-5-33-21-12-10-17(13-20(21)15(2)3)25(30)23-24(22-11-9-16(4)34-22)29(27(32)26(23)31)19-8-6-7-18(28)14-19/h6-15,24,30H,5H2,1-4H3/b25-23-. The summed E-state index contributed by atoms with van der Waals surface area (Å²) in [4.78, 5) is 27.8. The maximum atomic E-state index is 13.3. The van der Waals surface area contributed by atoms with Gasteiger partial charge < -0.3 is 14.3 Å². The van der Waals surface area contributed by atoms with Crippen LogP contribution in [-0.4, -0.2) is 23.4 Å². The minimum Gasteiger partial charge on any atom is -0.507 e. The smallest absolute Gasteiger partial charge is 0.300 e. The topological polar surface area (TPSA) is 80.0 Å². The number of anilines is 1. The third kappa shape index (κ3) is 4.21. The average Bonchev–Trinajstić information content (AvgIpc) is 3.34. The molecule has 4 rings (SSSR count). The molecule has 1 atom stereocenters. The second-order valence-corrected chi connectivity index (χ2v) is 8.87. The molecular weight excluding hydrogens is 454 g/mol. The van der Waals surface area contributed by atoms with Gasteiger partial charge in [0.05, 0.1) is 12.2 Å². The first kappa shape index (κ1) is 23.6. The Kier molecular flexibility index (Phi) is 6.53. The molecule has 1 aromatic heterocycles. The van der Waals surface area contributed by atoms with Gasteiger partial charge in [-0.15, -0.1) is 0 Å². The SMILES string of the molecule is CCOc1ccc(/C(O)=C2/C(=O)C(=O)N(c3cccc(Cl)c3)C2c2ccc(C)o2)cc1C(C)C. The number of hydrogen-bond donors (Lipinski definition) is 1. The quantitative estimate of drug-likeness (QED) is 0.252. The molecule has 176 valence electrons. The second-order valence-electron chi connectivity index (χ2n) is 8.44. The van der Waals surface area contributed by atoms with E-state index >= 15 is 0 Å². The summed E-state index contributed by atoms with van der Waals surface area (Å²) in [6, 6.07) is 14.4. The van der Waals surface area contributed by atoms with Gasteiger partial charge in [-0.3, -0.25) is 14.5 Å². The van der Waals surface area contributed by atoms with Gasteiger partial charge in [-0.25, -0.2) is 0 Å². The van der Waals surface area contributed by atoms with E-state index in [0.29, 0.717) is 40.2 Å². The van der Waals surface area contributed by atoms with Gasteiger partial charge in [0.1, 0.15) is 29.1 Å². The maximum absolute atomic E-state index is 13.3. The molecule has 34 heavy (non-hydrogen) atoms. The highest BCUT2D eigenvalue weighted by Gasteiger charge is 2.48. The number of ether oxygens (including phenoxy) is 1. The van der Waals surface area contributed by atoms with Gasteiger partial charge in [-0.1, -0.05) is 31.5 Å². The highest BCUT2D eigenvalue weighted by atomic mass is 35.5. The van der Waals surface area contributed by atoms with Crippen LogP contribution in [0.1, 0.15) is 55.4 Å². The van der Waals surface area contributed by atoms with Crippen molar-refractivity contribution in [1.82, 2.24) is 0 Å². The lowest BCUT2D eigenvalue weighted by molar-refractivity contribution is -0.132. The molecule has 1 N–H and O–H groups in total. The molecule has 2 heterocycles.